The highest BCUT2D eigenvalue weighted by atomic mass is 16.1. The zero-order valence-corrected chi connectivity index (χ0v) is 15.9. The number of nitrogens with zero attached hydrogens (tertiary/aromatic N) is 7. The van der Waals surface area contributed by atoms with Gasteiger partial charge in [0, 0.05) is 44.6 Å². The van der Waals surface area contributed by atoms with Crippen LogP contribution >= 0.6 is 0 Å². The van der Waals surface area contributed by atoms with Gasteiger partial charge in [0.1, 0.15) is 5.82 Å². The summed E-state index contributed by atoms with van der Waals surface area (Å²) in [7, 11) is 0. The minimum absolute atomic E-state index is 0.0477. The van der Waals surface area contributed by atoms with Gasteiger partial charge >= 0.3 is 5.69 Å². The third kappa shape index (κ3) is 2.76. The molecule has 28 heavy (non-hydrogen) atoms. The van der Waals surface area contributed by atoms with Crippen LogP contribution in [0, 0.1) is 5.92 Å². The van der Waals surface area contributed by atoms with Crippen LogP contribution in [-0.2, 0) is 13.1 Å². The van der Waals surface area contributed by atoms with Crippen LogP contribution in [0.3, 0.4) is 0 Å². The molecule has 0 aromatic carbocycles. The highest BCUT2D eigenvalue weighted by Gasteiger charge is 2.23. The zero-order chi connectivity index (χ0) is 19.1. The standard InChI is InChI=1S/C20H23N7O/c1-2-25-16-4-3-9-21-19(16)26(20(25)28)14-15-6-11-24(12-7-15)17-8-13-27-18(23-17)5-10-22-27/h3-5,8-10,13,15H,2,6-7,11-12,14H2,1H3. The van der Waals surface area contributed by atoms with Crippen molar-refractivity contribution in [3.63, 3.8) is 0 Å². The first kappa shape index (κ1) is 17.0. The number of aryl methyl sites for hydroxylation is 1. The van der Waals surface area contributed by atoms with Crippen LogP contribution in [0.4, 0.5) is 5.82 Å². The van der Waals surface area contributed by atoms with E-state index in [9.17, 15) is 4.79 Å². The topological polar surface area (TPSA) is 73.2 Å². The maximum atomic E-state index is 12.8. The minimum atomic E-state index is 0.0477. The number of pyridine rings is 1. The summed E-state index contributed by atoms with van der Waals surface area (Å²) in [5.41, 5.74) is 2.63. The van der Waals surface area contributed by atoms with Gasteiger partial charge < -0.3 is 4.90 Å². The Morgan fingerprint density at radius 2 is 1.96 bits per heavy atom. The quantitative estimate of drug-likeness (QED) is 0.545. The minimum Gasteiger partial charge on any atom is -0.356 e. The van der Waals surface area contributed by atoms with E-state index in [1.54, 1.807) is 16.9 Å². The monoisotopic (exact) mass is 377 g/mol. The van der Waals surface area contributed by atoms with Crippen molar-refractivity contribution < 1.29 is 0 Å². The van der Waals surface area contributed by atoms with Crippen LogP contribution in [0.15, 0.2) is 47.7 Å². The van der Waals surface area contributed by atoms with E-state index in [1.807, 2.05) is 46.5 Å². The van der Waals surface area contributed by atoms with Crippen molar-refractivity contribution in [1.29, 1.82) is 0 Å². The molecule has 0 atom stereocenters. The molecule has 1 aliphatic rings. The van der Waals surface area contributed by atoms with E-state index in [4.69, 9.17) is 4.98 Å². The molecule has 0 bridgehead atoms. The van der Waals surface area contributed by atoms with Gasteiger partial charge in [-0.25, -0.2) is 19.3 Å². The lowest BCUT2D eigenvalue weighted by molar-refractivity contribution is 0.353. The lowest BCUT2D eigenvalue weighted by Crippen LogP contribution is -2.37. The number of imidazole rings is 1. The van der Waals surface area contributed by atoms with Crippen LogP contribution in [-0.4, -0.2) is 41.8 Å². The summed E-state index contributed by atoms with van der Waals surface area (Å²) in [6.45, 7) is 5.27. The summed E-state index contributed by atoms with van der Waals surface area (Å²) in [5, 5.41) is 4.20. The van der Waals surface area contributed by atoms with Gasteiger partial charge in [0.2, 0.25) is 0 Å². The summed E-state index contributed by atoms with van der Waals surface area (Å²) < 4.78 is 5.44. The SMILES string of the molecule is CCn1c(=O)n(CC2CCN(c3ccn4nccc4n3)CC2)c2ncccc21. The van der Waals surface area contributed by atoms with Crippen molar-refractivity contribution in [2.45, 2.75) is 32.9 Å². The second-order valence-corrected chi connectivity index (χ2v) is 7.33. The fourth-order valence-electron chi connectivity index (χ4n) is 4.20. The highest BCUT2D eigenvalue weighted by Crippen LogP contribution is 2.24. The normalized spacial score (nSPS) is 15.7. The Morgan fingerprint density at radius 1 is 1.11 bits per heavy atom. The molecule has 0 N–H and O–H groups in total. The number of aromatic nitrogens is 6. The lowest BCUT2D eigenvalue weighted by Gasteiger charge is -2.32. The number of anilines is 1. The Bertz CT molecular complexity index is 1180. The Hall–Kier alpha value is -3.16. The summed E-state index contributed by atoms with van der Waals surface area (Å²) in [6.07, 6.45) is 7.54. The van der Waals surface area contributed by atoms with Crippen LogP contribution in [0.1, 0.15) is 19.8 Å². The summed E-state index contributed by atoms with van der Waals surface area (Å²) in [5.74, 6) is 1.46. The van der Waals surface area contributed by atoms with E-state index < -0.39 is 0 Å². The molecule has 8 heteroatoms. The lowest BCUT2D eigenvalue weighted by atomic mass is 9.96. The van der Waals surface area contributed by atoms with Gasteiger partial charge in [0.05, 0.1) is 11.7 Å². The van der Waals surface area contributed by atoms with E-state index >= 15 is 0 Å². The molecular weight excluding hydrogens is 354 g/mol. The van der Waals surface area contributed by atoms with Crippen LogP contribution < -0.4 is 10.6 Å². The van der Waals surface area contributed by atoms with Gasteiger partial charge in [-0.2, -0.15) is 5.10 Å². The van der Waals surface area contributed by atoms with Crippen molar-refractivity contribution in [3.8, 4) is 0 Å². The summed E-state index contributed by atoms with van der Waals surface area (Å²) in [4.78, 5) is 24.3. The van der Waals surface area contributed by atoms with E-state index in [0.29, 0.717) is 12.5 Å². The Balaban J connectivity index is 1.33. The number of rotatable bonds is 4. The molecule has 1 saturated heterocycles. The van der Waals surface area contributed by atoms with E-state index in [1.165, 1.54) is 0 Å². The molecule has 0 radical (unpaired) electrons. The second kappa shape index (κ2) is 6.78. The third-order valence-corrected chi connectivity index (χ3v) is 5.71. The highest BCUT2D eigenvalue weighted by molar-refractivity contribution is 5.71. The van der Waals surface area contributed by atoms with E-state index in [0.717, 1.165) is 55.1 Å². The first-order valence-electron chi connectivity index (χ1n) is 9.84. The van der Waals surface area contributed by atoms with Crippen LogP contribution in [0.5, 0.6) is 0 Å². The Kier molecular flexibility index (Phi) is 4.11. The van der Waals surface area contributed by atoms with Crippen LogP contribution in [0.25, 0.3) is 16.8 Å². The molecular formula is C20H23N7O. The number of fused-ring (bicyclic) bond motifs is 2. The average molecular weight is 377 g/mol. The molecule has 5 heterocycles. The maximum Gasteiger partial charge on any atom is 0.330 e. The first-order chi connectivity index (χ1) is 13.7. The van der Waals surface area contributed by atoms with Crippen molar-refractivity contribution in [2.24, 2.45) is 5.92 Å². The van der Waals surface area contributed by atoms with Gasteiger partial charge in [-0.15, -0.1) is 0 Å². The van der Waals surface area contributed by atoms with Gasteiger partial charge in [-0.05, 0) is 43.9 Å². The molecule has 4 aromatic heterocycles. The van der Waals surface area contributed by atoms with Gasteiger partial charge in [0.15, 0.2) is 11.3 Å². The van der Waals surface area contributed by atoms with Gasteiger partial charge in [-0.1, -0.05) is 0 Å². The largest absolute Gasteiger partial charge is 0.356 e. The number of hydrogen-bond donors (Lipinski definition) is 0. The smallest absolute Gasteiger partial charge is 0.330 e. The second-order valence-electron chi connectivity index (χ2n) is 7.33. The molecule has 0 aliphatic carbocycles. The number of hydrogen-bond acceptors (Lipinski definition) is 5. The molecule has 0 amide bonds. The van der Waals surface area contributed by atoms with Crippen molar-refractivity contribution in [3.05, 3.63) is 53.3 Å². The summed E-state index contributed by atoms with van der Waals surface area (Å²) in [6, 6.07) is 7.80. The Labute approximate surface area is 162 Å². The van der Waals surface area contributed by atoms with E-state index in [2.05, 4.69) is 15.0 Å². The molecule has 1 aliphatic heterocycles. The van der Waals surface area contributed by atoms with E-state index in [-0.39, 0.29) is 5.69 Å². The first-order valence-corrected chi connectivity index (χ1v) is 9.84. The summed E-state index contributed by atoms with van der Waals surface area (Å²) >= 11 is 0. The average Bonchev–Trinajstić information content (AvgIpc) is 3.31. The Morgan fingerprint density at radius 3 is 2.79 bits per heavy atom. The van der Waals surface area contributed by atoms with Crippen molar-refractivity contribution >= 4 is 22.6 Å². The molecule has 8 nitrogen and oxygen atoms in total. The van der Waals surface area contributed by atoms with Gasteiger partial charge in [0.25, 0.3) is 0 Å². The predicted molar refractivity (Wildman–Crippen MR) is 108 cm³/mol. The molecule has 0 spiro atoms. The molecule has 0 saturated carbocycles. The molecule has 5 rings (SSSR count). The fraction of sp³-hybridized carbons (Fsp3) is 0.400. The van der Waals surface area contributed by atoms with Crippen LogP contribution in [0.2, 0.25) is 0 Å². The third-order valence-electron chi connectivity index (χ3n) is 5.71. The molecule has 144 valence electrons. The zero-order valence-electron chi connectivity index (χ0n) is 15.9. The predicted octanol–water partition coefficient (Wildman–Crippen LogP) is 2.18. The van der Waals surface area contributed by atoms with Crippen molar-refractivity contribution in [1.82, 2.24) is 28.7 Å². The molecule has 0 unspecified atom stereocenters. The molecule has 1 fully saturated rings. The van der Waals surface area contributed by atoms with Crippen molar-refractivity contribution in [2.75, 3.05) is 18.0 Å². The maximum absolute atomic E-state index is 12.8. The molecule has 4 aromatic rings. The number of piperidine rings is 1. The fourth-order valence-corrected chi connectivity index (χ4v) is 4.20. The van der Waals surface area contributed by atoms with Gasteiger partial charge in [-0.3, -0.25) is 9.13 Å².